The van der Waals surface area contributed by atoms with Gasteiger partial charge in [0.2, 0.25) is 5.91 Å². The Bertz CT molecular complexity index is 264. The molecule has 0 saturated carbocycles. The molecule has 0 aromatic carbocycles. The van der Waals surface area contributed by atoms with Gasteiger partial charge in [-0.2, -0.15) is 0 Å². The van der Waals surface area contributed by atoms with Crippen LogP contribution in [0.3, 0.4) is 0 Å². The molecule has 2 rings (SSSR count). The minimum absolute atomic E-state index is 0.00909. The zero-order valence-electron chi connectivity index (χ0n) is 10.9. The van der Waals surface area contributed by atoms with Crippen LogP contribution in [-0.4, -0.2) is 50.2 Å². The first-order chi connectivity index (χ1) is 8.20. The fourth-order valence-electron chi connectivity index (χ4n) is 2.79. The lowest BCUT2D eigenvalue weighted by atomic mass is 10.0. The van der Waals surface area contributed by atoms with Crippen molar-refractivity contribution in [2.75, 3.05) is 33.4 Å². The number of amides is 1. The van der Waals surface area contributed by atoms with Crippen molar-refractivity contribution < 1.29 is 9.53 Å². The number of rotatable bonds is 3. The molecular weight excluding hydrogens is 216 g/mol. The van der Waals surface area contributed by atoms with Gasteiger partial charge in [0, 0.05) is 25.6 Å². The van der Waals surface area contributed by atoms with Crippen LogP contribution >= 0.6 is 0 Å². The molecule has 98 valence electrons. The third kappa shape index (κ3) is 3.19. The summed E-state index contributed by atoms with van der Waals surface area (Å²) < 4.78 is 5.39. The number of ether oxygens (including phenoxy) is 1. The second-order valence-corrected chi connectivity index (χ2v) is 5.48. The fourth-order valence-corrected chi connectivity index (χ4v) is 2.79. The van der Waals surface area contributed by atoms with Crippen LogP contribution < -0.4 is 5.32 Å². The van der Waals surface area contributed by atoms with Crippen LogP contribution in [0.1, 0.15) is 26.2 Å². The maximum atomic E-state index is 12.3. The maximum absolute atomic E-state index is 12.3. The lowest BCUT2D eigenvalue weighted by Gasteiger charge is -2.26. The molecule has 2 fully saturated rings. The Morgan fingerprint density at radius 3 is 2.94 bits per heavy atom. The lowest BCUT2D eigenvalue weighted by molar-refractivity contribution is -0.133. The van der Waals surface area contributed by atoms with Gasteiger partial charge in [0.05, 0.1) is 12.6 Å². The minimum Gasteiger partial charge on any atom is -0.381 e. The summed E-state index contributed by atoms with van der Waals surface area (Å²) in [5, 5.41) is 3.16. The Morgan fingerprint density at radius 2 is 2.29 bits per heavy atom. The average Bonchev–Trinajstić information content (AvgIpc) is 2.78. The Labute approximate surface area is 104 Å². The highest BCUT2D eigenvalue weighted by atomic mass is 16.5. The monoisotopic (exact) mass is 240 g/mol. The van der Waals surface area contributed by atoms with E-state index in [-0.39, 0.29) is 11.9 Å². The highest BCUT2D eigenvalue weighted by Gasteiger charge is 2.30. The summed E-state index contributed by atoms with van der Waals surface area (Å²) in [6.07, 6.45) is 3.19. The summed E-state index contributed by atoms with van der Waals surface area (Å²) in [6, 6.07) is 0.00909. The minimum atomic E-state index is 0.00909. The first-order valence-electron chi connectivity index (χ1n) is 6.74. The van der Waals surface area contributed by atoms with Gasteiger partial charge < -0.3 is 15.0 Å². The summed E-state index contributed by atoms with van der Waals surface area (Å²) in [7, 11) is 1.89. The van der Waals surface area contributed by atoms with E-state index in [1.54, 1.807) is 0 Å². The van der Waals surface area contributed by atoms with E-state index in [1.165, 1.54) is 0 Å². The van der Waals surface area contributed by atoms with E-state index in [9.17, 15) is 4.79 Å². The van der Waals surface area contributed by atoms with E-state index in [2.05, 4.69) is 12.2 Å². The first-order valence-corrected chi connectivity index (χ1v) is 6.74. The zero-order valence-corrected chi connectivity index (χ0v) is 10.9. The van der Waals surface area contributed by atoms with Crippen molar-refractivity contribution in [2.24, 2.45) is 11.8 Å². The van der Waals surface area contributed by atoms with Gasteiger partial charge in [-0.05, 0) is 32.2 Å². The predicted octanol–water partition coefficient (Wildman–Crippen LogP) is 0.869. The Balaban J connectivity index is 1.96. The SMILES string of the molecule is CNC1CC(C)CCN(CC2CCOC2)C1=O. The molecule has 0 aliphatic carbocycles. The molecule has 2 aliphatic rings. The molecule has 3 unspecified atom stereocenters. The molecule has 0 spiro atoms. The maximum Gasteiger partial charge on any atom is 0.239 e. The number of likely N-dealkylation sites (N-methyl/N-ethyl adjacent to an activating group) is 1. The highest BCUT2D eigenvalue weighted by molar-refractivity contribution is 5.82. The molecule has 1 N–H and O–H groups in total. The van der Waals surface area contributed by atoms with Crippen molar-refractivity contribution in [1.29, 1.82) is 0 Å². The van der Waals surface area contributed by atoms with Crippen molar-refractivity contribution >= 4 is 5.91 Å². The van der Waals surface area contributed by atoms with E-state index < -0.39 is 0 Å². The molecular formula is C13H24N2O2. The molecule has 2 aliphatic heterocycles. The second-order valence-electron chi connectivity index (χ2n) is 5.48. The van der Waals surface area contributed by atoms with Crippen molar-refractivity contribution in [3.63, 3.8) is 0 Å². The van der Waals surface area contributed by atoms with Crippen molar-refractivity contribution in [2.45, 2.75) is 32.2 Å². The van der Waals surface area contributed by atoms with Gasteiger partial charge in [-0.3, -0.25) is 4.79 Å². The molecule has 3 atom stereocenters. The van der Waals surface area contributed by atoms with Crippen LogP contribution in [0.25, 0.3) is 0 Å². The van der Waals surface area contributed by atoms with E-state index in [4.69, 9.17) is 4.74 Å². The molecule has 0 bridgehead atoms. The molecule has 0 aromatic heterocycles. The molecule has 4 heteroatoms. The molecule has 0 aromatic rings. The Kier molecular flexibility index (Phi) is 4.40. The number of hydrogen-bond acceptors (Lipinski definition) is 3. The summed E-state index contributed by atoms with van der Waals surface area (Å²) >= 11 is 0. The number of nitrogens with one attached hydrogen (secondary N) is 1. The van der Waals surface area contributed by atoms with Gasteiger partial charge >= 0.3 is 0 Å². The van der Waals surface area contributed by atoms with Crippen LogP contribution in [0.15, 0.2) is 0 Å². The Hall–Kier alpha value is -0.610. The third-order valence-electron chi connectivity index (χ3n) is 3.99. The first kappa shape index (κ1) is 12.8. The van der Waals surface area contributed by atoms with Crippen LogP contribution in [0.4, 0.5) is 0 Å². The van der Waals surface area contributed by atoms with Gasteiger partial charge in [0.1, 0.15) is 0 Å². The molecule has 2 heterocycles. The smallest absolute Gasteiger partial charge is 0.239 e. The van der Waals surface area contributed by atoms with E-state index in [0.29, 0.717) is 11.8 Å². The molecule has 0 radical (unpaired) electrons. The summed E-state index contributed by atoms with van der Waals surface area (Å²) in [6.45, 7) is 5.71. The quantitative estimate of drug-likeness (QED) is 0.796. The van der Waals surface area contributed by atoms with Gasteiger partial charge in [-0.15, -0.1) is 0 Å². The van der Waals surface area contributed by atoms with Crippen LogP contribution in [0, 0.1) is 11.8 Å². The molecule has 4 nitrogen and oxygen atoms in total. The topological polar surface area (TPSA) is 41.6 Å². The standard InChI is InChI=1S/C13H24N2O2/c1-10-3-5-15(8-11-4-6-17-9-11)13(16)12(7-10)14-2/h10-12,14H,3-9H2,1-2H3. The average molecular weight is 240 g/mol. The highest BCUT2D eigenvalue weighted by Crippen LogP contribution is 2.21. The van der Waals surface area contributed by atoms with Crippen LogP contribution in [0.5, 0.6) is 0 Å². The van der Waals surface area contributed by atoms with Gasteiger partial charge in [0.15, 0.2) is 0 Å². The summed E-state index contributed by atoms with van der Waals surface area (Å²) in [5.74, 6) is 1.45. The number of nitrogens with zero attached hydrogens (tertiary/aromatic N) is 1. The molecule has 2 saturated heterocycles. The van der Waals surface area contributed by atoms with Gasteiger partial charge in [-0.1, -0.05) is 6.92 Å². The van der Waals surface area contributed by atoms with E-state index >= 15 is 0 Å². The number of carbonyl (C=O) groups is 1. The van der Waals surface area contributed by atoms with E-state index in [1.807, 2.05) is 11.9 Å². The number of carbonyl (C=O) groups excluding carboxylic acids is 1. The van der Waals surface area contributed by atoms with E-state index in [0.717, 1.165) is 45.6 Å². The summed E-state index contributed by atoms with van der Waals surface area (Å²) in [4.78, 5) is 14.4. The van der Waals surface area contributed by atoms with Crippen LogP contribution in [0.2, 0.25) is 0 Å². The summed E-state index contributed by atoms with van der Waals surface area (Å²) in [5.41, 5.74) is 0. The van der Waals surface area contributed by atoms with Gasteiger partial charge in [0.25, 0.3) is 0 Å². The second kappa shape index (κ2) is 5.83. The predicted molar refractivity (Wildman–Crippen MR) is 66.8 cm³/mol. The molecule has 1 amide bonds. The lowest BCUT2D eigenvalue weighted by Crippen LogP contribution is -2.45. The number of likely N-dealkylation sites (tertiary alicyclic amines) is 1. The number of hydrogen-bond donors (Lipinski definition) is 1. The normalized spacial score (nSPS) is 35.1. The van der Waals surface area contributed by atoms with Crippen molar-refractivity contribution in [1.82, 2.24) is 10.2 Å². The zero-order chi connectivity index (χ0) is 12.3. The largest absolute Gasteiger partial charge is 0.381 e. The van der Waals surface area contributed by atoms with Crippen LogP contribution in [-0.2, 0) is 9.53 Å². The Morgan fingerprint density at radius 1 is 1.47 bits per heavy atom. The molecule has 17 heavy (non-hydrogen) atoms. The van der Waals surface area contributed by atoms with Crippen molar-refractivity contribution in [3.05, 3.63) is 0 Å². The fraction of sp³-hybridized carbons (Fsp3) is 0.923. The van der Waals surface area contributed by atoms with Crippen molar-refractivity contribution in [3.8, 4) is 0 Å². The van der Waals surface area contributed by atoms with Gasteiger partial charge in [-0.25, -0.2) is 0 Å². The third-order valence-corrected chi connectivity index (χ3v) is 3.99.